The summed E-state index contributed by atoms with van der Waals surface area (Å²) in [5.74, 6) is 0.449. The van der Waals surface area contributed by atoms with Gasteiger partial charge in [-0.25, -0.2) is 4.98 Å². The van der Waals surface area contributed by atoms with Crippen molar-refractivity contribution >= 4 is 11.8 Å². The van der Waals surface area contributed by atoms with Gasteiger partial charge in [0.05, 0.1) is 31.4 Å². The number of morpholine rings is 1. The minimum atomic E-state index is -0.187. The Bertz CT molecular complexity index is 848. The summed E-state index contributed by atoms with van der Waals surface area (Å²) in [6, 6.07) is 9.65. The van der Waals surface area contributed by atoms with Crippen LogP contribution in [-0.2, 0) is 20.9 Å². The third-order valence-electron chi connectivity index (χ3n) is 5.68. The van der Waals surface area contributed by atoms with Crippen LogP contribution in [0.25, 0.3) is 11.5 Å². The van der Waals surface area contributed by atoms with Crippen molar-refractivity contribution in [1.29, 1.82) is 0 Å². The zero-order valence-electron chi connectivity index (χ0n) is 17.1. The average molecular weight is 412 g/mol. The molecule has 8 heteroatoms. The first-order valence-corrected chi connectivity index (χ1v) is 10.5. The number of rotatable bonds is 7. The van der Waals surface area contributed by atoms with Gasteiger partial charge in [-0.3, -0.25) is 14.5 Å². The van der Waals surface area contributed by atoms with Crippen molar-refractivity contribution in [2.45, 2.75) is 19.4 Å². The van der Waals surface area contributed by atoms with Gasteiger partial charge in [-0.05, 0) is 18.6 Å². The lowest BCUT2D eigenvalue weighted by Crippen LogP contribution is -2.49. The summed E-state index contributed by atoms with van der Waals surface area (Å²) in [7, 11) is 0. The number of aromatic nitrogens is 1. The van der Waals surface area contributed by atoms with E-state index in [4.69, 9.17) is 9.15 Å². The van der Waals surface area contributed by atoms with E-state index in [2.05, 4.69) is 15.2 Å². The number of carbonyl (C=O) groups excluding carboxylic acids is 2. The van der Waals surface area contributed by atoms with Gasteiger partial charge in [0.1, 0.15) is 6.26 Å². The molecule has 2 amide bonds. The van der Waals surface area contributed by atoms with E-state index in [9.17, 15) is 9.59 Å². The molecule has 1 N–H and O–H groups in total. The number of likely N-dealkylation sites (tertiary alicyclic amines) is 1. The standard InChI is InChI=1S/C22H28N4O4/c27-20-7-6-18(15-26(20)9-8-25-10-12-29-13-11-25)21(28)23-14-19-16-30-22(24-19)17-4-2-1-3-5-17/h1-5,16,18H,6-15H2,(H,23,28)/t18-/m1/s1. The molecule has 2 aliphatic heterocycles. The number of nitrogens with one attached hydrogen (secondary N) is 1. The molecule has 2 aliphatic rings. The second-order valence-electron chi connectivity index (χ2n) is 7.76. The summed E-state index contributed by atoms with van der Waals surface area (Å²) in [6.07, 6.45) is 2.58. The van der Waals surface area contributed by atoms with Crippen LogP contribution in [0.3, 0.4) is 0 Å². The Balaban J connectivity index is 1.26. The van der Waals surface area contributed by atoms with Crippen molar-refractivity contribution in [2.24, 2.45) is 5.92 Å². The zero-order chi connectivity index (χ0) is 20.8. The van der Waals surface area contributed by atoms with Crippen molar-refractivity contribution in [3.05, 3.63) is 42.3 Å². The van der Waals surface area contributed by atoms with Crippen molar-refractivity contribution in [1.82, 2.24) is 20.1 Å². The van der Waals surface area contributed by atoms with E-state index in [1.54, 1.807) is 6.26 Å². The fourth-order valence-electron chi connectivity index (χ4n) is 3.86. The van der Waals surface area contributed by atoms with Gasteiger partial charge in [0, 0.05) is 44.7 Å². The highest BCUT2D eigenvalue weighted by Gasteiger charge is 2.30. The maximum absolute atomic E-state index is 12.7. The van der Waals surface area contributed by atoms with E-state index < -0.39 is 0 Å². The van der Waals surface area contributed by atoms with Gasteiger partial charge >= 0.3 is 0 Å². The van der Waals surface area contributed by atoms with Crippen LogP contribution in [0.1, 0.15) is 18.5 Å². The number of ether oxygens (including phenoxy) is 1. The molecule has 2 saturated heterocycles. The first-order chi connectivity index (χ1) is 14.7. The lowest BCUT2D eigenvalue weighted by atomic mass is 9.96. The first-order valence-electron chi connectivity index (χ1n) is 10.5. The van der Waals surface area contributed by atoms with Crippen LogP contribution in [0.2, 0.25) is 0 Å². The van der Waals surface area contributed by atoms with Crippen LogP contribution in [0.5, 0.6) is 0 Å². The molecule has 1 aromatic carbocycles. The Kier molecular flexibility index (Phi) is 6.76. The molecule has 0 bridgehead atoms. The summed E-state index contributed by atoms with van der Waals surface area (Å²) in [5.41, 5.74) is 1.58. The second kappa shape index (κ2) is 9.86. The number of hydrogen-bond donors (Lipinski definition) is 1. The monoisotopic (exact) mass is 412 g/mol. The lowest BCUT2D eigenvalue weighted by molar-refractivity contribution is -0.138. The van der Waals surface area contributed by atoms with Crippen LogP contribution in [0, 0.1) is 5.92 Å². The van der Waals surface area contributed by atoms with E-state index in [1.807, 2.05) is 35.2 Å². The quantitative estimate of drug-likeness (QED) is 0.742. The average Bonchev–Trinajstić information content (AvgIpc) is 3.27. The Morgan fingerprint density at radius 2 is 1.97 bits per heavy atom. The molecule has 1 atom stereocenters. The van der Waals surface area contributed by atoms with Gasteiger partial charge in [0.15, 0.2) is 0 Å². The van der Waals surface area contributed by atoms with E-state index in [0.717, 1.165) is 38.4 Å². The van der Waals surface area contributed by atoms with Crippen LogP contribution in [0.4, 0.5) is 0 Å². The number of piperidine rings is 1. The molecule has 0 unspecified atom stereocenters. The summed E-state index contributed by atoms with van der Waals surface area (Å²) in [6.45, 7) is 5.55. The third kappa shape index (κ3) is 5.25. The highest BCUT2D eigenvalue weighted by atomic mass is 16.5. The smallest absolute Gasteiger partial charge is 0.226 e. The van der Waals surface area contributed by atoms with Crippen molar-refractivity contribution in [3.63, 3.8) is 0 Å². The van der Waals surface area contributed by atoms with Gasteiger partial charge in [-0.15, -0.1) is 0 Å². The Morgan fingerprint density at radius 3 is 2.77 bits per heavy atom. The van der Waals surface area contributed by atoms with Gasteiger partial charge in [-0.1, -0.05) is 18.2 Å². The molecular weight excluding hydrogens is 384 g/mol. The number of amides is 2. The maximum Gasteiger partial charge on any atom is 0.226 e. The normalized spacial score (nSPS) is 20.3. The number of nitrogens with zero attached hydrogens (tertiary/aromatic N) is 3. The summed E-state index contributed by atoms with van der Waals surface area (Å²) >= 11 is 0. The summed E-state index contributed by atoms with van der Waals surface area (Å²) in [4.78, 5) is 33.5. The van der Waals surface area contributed by atoms with Gasteiger partial charge in [0.25, 0.3) is 0 Å². The molecule has 1 aromatic heterocycles. The Hall–Kier alpha value is -2.71. The van der Waals surface area contributed by atoms with Crippen molar-refractivity contribution in [2.75, 3.05) is 45.9 Å². The molecule has 2 fully saturated rings. The fraction of sp³-hybridized carbons (Fsp3) is 0.500. The molecule has 3 heterocycles. The highest BCUT2D eigenvalue weighted by molar-refractivity contribution is 5.83. The predicted octanol–water partition coefficient (Wildman–Crippen LogP) is 1.53. The fourth-order valence-corrected chi connectivity index (χ4v) is 3.86. The largest absolute Gasteiger partial charge is 0.444 e. The molecule has 8 nitrogen and oxygen atoms in total. The first kappa shape index (κ1) is 20.6. The topological polar surface area (TPSA) is 87.9 Å². The summed E-state index contributed by atoms with van der Waals surface area (Å²) in [5, 5.41) is 2.95. The molecule has 0 radical (unpaired) electrons. The highest BCUT2D eigenvalue weighted by Crippen LogP contribution is 2.20. The zero-order valence-corrected chi connectivity index (χ0v) is 17.1. The Morgan fingerprint density at radius 1 is 1.17 bits per heavy atom. The minimum absolute atomic E-state index is 0.0388. The molecule has 0 aliphatic carbocycles. The van der Waals surface area contributed by atoms with Crippen molar-refractivity contribution in [3.8, 4) is 11.5 Å². The molecule has 30 heavy (non-hydrogen) atoms. The van der Waals surface area contributed by atoms with Gasteiger partial charge in [0.2, 0.25) is 17.7 Å². The lowest BCUT2D eigenvalue weighted by Gasteiger charge is -2.34. The SMILES string of the molecule is O=C(NCc1coc(-c2ccccc2)n1)[C@@H]1CCC(=O)N(CCN2CCOCC2)C1. The van der Waals surface area contributed by atoms with E-state index in [-0.39, 0.29) is 17.7 Å². The second-order valence-corrected chi connectivity index (χ2v) is 7.76. The van der Waals surface area contributed by atoms with Crippen LogP contribution in [-0.4, -0.2) is 72.5 Å². The Labute approximate surface area is 176 Å². The van der Waals surface area contributed by atoms with E-state index >= 15 is 0 Å². The molecule has 0 spiro atoms. The number of benzene rings is 1. The van der Waals surface area contributed by atoms with Crippen LogP contribution >= 0.6 is 0 Å². The summed E-state index contributed by atoms with van der Waals surface area (Å²) < 4.78 is 10.9. The number of hydrogen-bond acceptors (Lipinski definition) is 6. The van der Waals surface area contributed by atoms with Gasteiger partial charge < -0.3 is 19.4 Å². The molecule has 0 saturated carbocycles. The maximum atomic E-state index is 12.7. The predicted molar refractivity (Wildman–Crippen MR) is 110 cm³/mol. The minimum Gasteiger partial charge on any atom is -0.444 e. The number of oxazole rings is 1. The van der Waals surface area contributed by atoms with E-state index in [1.165, 1.54) is 0 Å². The van der Waals surface area contributed by atoms with E-state index in [0.29, 0.717) is 44.1 Å². The molecule has 160 valence electrons. The molecule has 4 rings (SSSR count). The molecular formula is C22H28N4O4. The number of carbonyl (C=O) groups is 2. The van der Waals surface area contributed by atoms with Crippen LogP contribution < -0.4 is 5.32 Å². The van der Waals surface area contributed by atoms with Crippen LogP contribution in [0.15, 0.2) is 41.0 Å². The van der Waals surface area contributed by atoms with Gasteiger partial charge in [-0.2, -0.15) is 0 Å². The molecule has 2 aromatic rings. The third-order valence-corrected chi connectivity index (χ3v) is 5.68. The van der Waals surface area contributed by atoms with Crippen molar-refractivity contribution < 1.29 is 18.7 Å².